The predicted molar refractivity (Wildman–Crippen MR) is 85.2 cm³/mol. The lowest BCUT2D eigenvalue weighted by atomic mass is 10.1. The number of carboxylic acid groups (broad SMARTS) is 1. The molecule has 0 amide bonds. The van der Waals surface area contributed by atoms with Gasteiger partial charge in [0.05, 0.1) is 4.90 Å². The maximum Gasteiger partial charge on any atom is 0.339 e. The van der Waals surface area contributed by atoms with Crippen molar-refractivity contribution in [1.29, 1.82) is 0 Å². The second-order valence-corrected chi connectivity index (χ2v) is 7.49. The third-order valence-electron chi connectivity index (χ3n) is 4.14. The molecule has 1 aliphatic heterocycles. The number of rotatable bonds is 3. The van der Waals surface area contributed by atoms with E-state index in [4.69, 9.17) is 0 Å². The number of carbonyl (C=O) groups is 1. The number of aromatic carboxylic acids is 1. The summed E-state index contributed by atoms with van der Waals surface area (Å²) < 4.78 is 27.3. The van der Waals surface area contributed by atoms with Gasteiger partial charge in [-0.1, -0.05) is 30.7 Å². The molecule has 2 aromatic carbocycles. The van der Waals surface area contributed by atoms with Gasteiger partial charge in [-0.25, -0.2) is 13.2 Å². The smallest absolute Gasteiger partial charge is 0.339 e. The van der Waals surface area contributed by atoms with Crippen LogP contribution in [0.5, 0.6) is 5.75 Å². The first kappa shape index (κ1) is 15.8. The van der Waals surface area contributed by atoms with Crippen molar-refractivity contribution in [2.75, 3.05) is 13.1 Å². The molecule has 1 fully saturated rings. The van der Waals surface area contributed by atoms with E-state index < -0.39 is 27.3 Å². The van der Waals surface area contributed by atoms with E-state index in [1.165, 1.54) is 10.4 Å². The fraction of sp³-hybridized carbons (Fsp3) is 0.312. The van der Waals surface area contributed by atoms with Crippen LogP contribution in [0.15, 0.2) is 35.2 Å². The SMILES string of the molecule is O=C(O)c1cc(S(=O)(=O)N2CCCCC2)c2ccccc2c1O. The molecule has 0 aromatic heterocycles. The van der Waals surface area contributed by atoms with Crippen LogP contribution >= 0.6 is 0 Å². The molecule has 0 aliphatic carbocycles. The van der Waals surface area contributed by atoms with Crippen molar-refractivity contribution in [3.8, 4) is 5.75 Å². The van der Waals surface area contributed by atoms with Gasteiger partial charge < -0.3 is 10.2 Å². The molecule has 0 spiro atoms. The lowest BCUT2D eigenvalue weighted by Crippen LogP contribution is -2.35. The highest BCUT2D eigenvalue weighted by atomic mass is 32.2. The zero-order chi connectivity index (χ0) is 16.6. The van der Waals surface area contributed by atoms with Gasteiger partial charge in [-0.05, 0) is 18.9 Å². The van der Waals surface area contributed by atoms with Crippen LogP contribution in [0.2, 0.25) is 0 Å². The standard InChI is InChI=1S/C16H17NO5S/c18-15-12-7-3-2-6-11(12)14(10-13(15)16(19)20)23(21,22)17-8-4-1-5-9-17/h2-3,6-7,10,18H,1,4-5,8-9H2,(H,19,20). The molecule has 0 saturated carbocycles. The minimum absolute atomic E-state index is 0.0646. The number of carboxylic acids is 1. The van der Waals surface area contributed by atoms with Crippen LogP contribution < -0.4 is 0 Å². The number of sulfonamides is 1. The Balaban J connectivity index is 2.28. The monoisotopic (exact) mass is 335 g/mol. The molecule has 0 unspecified atom stereocenters. The molecule has 1 saturated heterocycles. The molecule has 7 heteroatoms. The van der Waals surface area contributed by atoms with Crippen molar-refractivity contribution in [2.24, 2.45) is 0 Å². The molecule has 1 heterocycles. The molecule has 0 radical (unpaired) electrons. The summed E-state index contributed by atoms with van der Waals surface area (Å²) >= 11 is 0. The molecular weight excluding hydrogens is 318 g/mol. The summed E-state index contributed by atoms with van der Waals surface area (Å²) in [6, 6.07) is 7.45. The van der Waals surface area contributed by atoms with Crippen LogP contribution in [0.4, 0.5) is 0 Å². The van der Waals surface area contributed by atoms with E-state index in [0.717, 1.165) is 25.3 Å². The van der Waals surface area contributed by atoms with Gasteiger partial charge >= 0.3 is 5.97 Å². The average molecular weight is 335 g/mol. The van der Waals surface area contributed by atoms with Crippen LogP contribution in [0, 0.1) is 0 Å². The number of aromatic hydroxyl groups is 1. The van der Waals surface area contributed by atoms with E-state index in [1.54, 1.807) is 18.2 Å². The number of hydrogen-bond donors (Lipinski definition) is 2. The van der Waals surface area contributed by atoms with Gasteiger partial charge in [-0.2, -0.15) is 4.31 Å². The highest BCUT2D eigenvalue weighted by Crippen LogP contribution is 2.35. The summed E-state index contributed by atoms with van der Waals surface area (Å²) in [6.45, 7) is 0.861. The van der Waals surface area contributed by atoms with Crippen molar-refractivity contribution in [3.05, 3.63) is 35.9 Å². The minimum atomic E-state index is -3.80. The molecule has 0 bridgehead atoms. The average Bonchev–Trinajstić information content (AvgIpc) is 2.55. The Hall–Kier alpha value is -2.12. The largest absolute Gasteiger partial charge is 0.506 e. The third kappa shape index (κ3) is 2.66. The van der Waals surface area contributed by atoms with Gasteiger partial charge in [0.1, 0.15) is 11.3 Å². The molecule has 3 rings (SSSR count). The summed E-state index contributed by atoms with van der Waals surface area (Å²) in [4.78, 5) is 11.3. The van der Waals surface area contributed by atoms with Crippen LogP contribution in [0.1, 0.15) is 29.6 Å². The highest BCUT2D eigenvalue weighted by molar-refractivity contribution is 7.89. The number of piperidine rings is 1. The number of benzene rings is 2. The first-order valence-electron chi connectivity index (χ1n) is 7.41. The maximum absolute atomic E-state index is 12.9. The van der Waals surface area contributed by atoms with E-state index in [9.17, 15) is 23.4 Å². The zero-order valence-corrected chi connectivity index (χ0v) is 13.2. The topological polar surface area (TPSA) is 94.9 Å². The van der Waals surface area contributed by atoms with E-state index in [-0.39, 0.29) is 10.3 Å². The molecular formula is C16H17NO5S. The van der Waals surface area contributed by atoms with E-state index in [1.807, 2.05) is 0 Å². The second kappa shape index (κ2) is 5.82. The molecule has 1 aliphatic rings. The Morgan fingerprint density at radius 2 is 1.65 bits per heavy atom. The molecule has 122 valence electrons. The molecule has 6 nitrogen and oxygen atoms in total. The fourth-order valence-corrected chi connectivity index (χ4v) is 4.69. The van der Waals surface area contributed by atoms with Crippen LogP contribution in [-0.4, -0.2) is 42.0 Å². The Labute approximate surface area is 134 Å². The van der Waals surface area contributed by atoms with Crippen molar-refractivity contribution in [2.45, 2.75) is 24.2 Å². The van der Waals surface area contributed by atoms with Gasteiger partial charge in [0.15, 0.2) is 0 Å². The summed E-state index contributed by atoms with van der Waals surface area (Å²) in [6.07, 6.45) is 2.57. The summed E-state index contributed by atoms with van der Waals surface area (Å²) in [5, 5.41) is 19.9. The minimum Gasteiger partial charge on any atom is -0.506 e. The fourth-order valence-electron chi connectivity index (χ4n) is 2.95. The van der Waals surface area contributed by atoms with Crippen LogP contribution in [-0.2, 0) is 10.0 Å². The zero-order valence-electron chi connectivity index (χ0n) is 12.4. The van der Waals surface area contributed by atoms with Crippen molar-refractivity contribution in [1.82, 2.24) is 4.31 Å². The number of nitrogens with zero attached hydrogens (tertiary/aromatic N) is 1. The summed E-state index contributed by atoms with van der Waals surface area (Å²) in [5.74, 6) is -1.77. The third-order valence-corrected chi connectivity index (χ3v) is 6.08. The Morgan fingerprint density at radius 3 is 2.26 bits per heavy atom. The molecule has 2 N–H and O–H groups in total. The summed E-state index contributed by atoms with van der Waals surface area (Å²) in [7, 11) is -3.80. The number of phenols is 1. The highest BCUT2D eigenvalue weighted by Gasteiger charge is 2.30. The van der Waals surface area contributed by atoms with Gasteiger partial charge in [0, 0.05) is 23.9 Å². The Morgan fingerprint density at radius 1 is 1.04 bits per heavy atom. The van der Waals surface area contributed by atoms with E-state index in [2.05, 4.69) is 0 Å². The van der Waals surface area contributed by atoms with E-state index in [0.29, 0.717) is 18.5 Å². The van der Waals surface area contributed by atoms with Crippen LogP contribution in [0.25, 0.3) is 10.8 Å². The second-order valence-electron chi connectivity index (χ2n) is 5.59. The Kier molecular flexibility index (Phi) is 3.99. The predicted octanol–water partition coefficient (Wildman–Crippen LogP) is 2.42. The number of fused-ring (bicyclic) bond motifs is 1. The Bertz CT molecular complexity index is 869. The first-order valence-corrected chi connectivity index (χ1v) is 8.85. The van der Waals surface area contributed by atoms with Gasteiger partial charge in [-0.15, -0.1) is 0 Å². The van der Waals surface area contributed by atoms with Gasteiger partial charge in [-0.3, -0.25) is 0 Å². The summed E-state index contributed by atoms with van der Waals surface area (Å²) in [5.41, 5.74) is -0.403. The molecule has 0 atom stereocenters. The number of hydrogen-bond acceptors (Lipinski definition) is 4. The van der Waals surface area contributed by atoms with Crippen molar-refractivity contribution in [3.63, 3.8) is 0 Å². The van der Waals surface area contributed by atoms with Crippen molar-refractivity contribution < 1.29 is 23.4 Å². The van der Waals surface area contributed by atoms with Crippen molar-refractivity contribution >= 4 is 26.8 Å². The normalized spacial score (nSPS) is 16.5. The van der Waals surface area contributed by atoms with E-state index >= 15 is 0 Å². The first-order chi connectivity index (χ1) is 10.9. The molecule has 2 aromatic rings. The lowest BCUT2D eigenvalue weighted by Gasteiger charge is -2.26. The van der Waals surface area contributed by atoms with Crippen LogP contribution in [0.3, 0.4) is 0 Å². The maximum atomic E-state index is 12.9. The van der Waals surface area contributed by atoms with Gasteiger partial charge in [0.25, 0.3) is 0 Å². The quantitative estimate of drug-likeness (QED) is 0.898. The lowest BCUT2D eigenvalue weighted by molar-refractivity contribution is 0.0694. The van der Waals surface area contributed by atoms with Gasteiger partial charge in [0.2, 0.25) is 10.0 Å². The molecule has 23 heavy (non-hydrogen) atoms.